The Labute approximate surface area is 76.0 Å². The van der Waals surface area contributed by atoms with Crippen LogP contribution in [0.5, 0.6) is 0 Å². The number of benzene rings is 1. The van der Waals surface area contributed by atoms with Crippen LogP contribution in [0, 0.1) is 0 Å². The molecule has 0 aliphatic heterocycles. The Morgan fingerprint density at radius 3 is 2.75 bits per heavy atom. The highest BCUT2D eigenvalue weighted by Crippen LogP contribution is 1.98. The summed E-state index contributed by atoms with van der Waals surface area (Å²) in [7, 11) is 1.50. The summed E-state index contributed by atoms with van der Waals surface area (Å²) in [5.41, 5.74) is 1.35. The summed E-state index contributed by atoms with van der Waals surface area (Å²) in [6.45, 7) is 0.844. The zero-order valence-electron chi connectivity index (χ0n) is 7.42. The molecule has 0 atom stereocenters. The SMILES string of the molecule is CN[SiH2]OCCc1ccccc1. The molecule has 0 aromatic heterocycles. The van der Waals surface area contributed by atoms with Crippen molar-refractivity contribution in [2.75, 3.05) is 13.7 Å². The van der Waals surface area contributed by atoms with Crippen LogP contribution < -0.4 is 4.98 Å². The standard InChI is InChI=1S/C9H15NOSi/c1-10-12-11-8-7-9-5-3-2-4-6-9/h2-6,10H,7-8,12H2,1H3. The Kier molecular flexibility index (Phi) is 4.67. The van der Waals surface area contributed by atoms with Gasteiger partial charge in [0, 0.05) is 6.61 Å². The molecule has 0 bridgehead atoms. The van der Waals surface area contributed by atoms with Crippen molar-refractivity contribution >= 4 is 9.92 Å². The Morgan fingerprint density at radius 2 is 2.08 bits per heavy atom. The van der Waals surface area contributed by atoms with Gasteiger partial charge in [-0.2, -0.15) is 0 Å². The van der Waals surface area contributed by atoms with E-state index in [4.69, 9.17) is 4.43 Å². The summed E-state index contributed by atoms with van der Waals surface area (Å²) >= 11 is 0. The van der Waals surface area contributed by atoms with Crippen LogP contribution in [-0.4, -0.2) is 23.6 Å². The van der Waals surface area contributed by atoms with Crippen LogP contribution in [0.25, 0.3) is 0 Å². The molecule has 0 aliphatic rings. The van der Waals surface area contributed by atoms with Crippen LogP contribution in [-0.2, 0) is 10.8 Å². The van der Waals surface area contributed by atoms with Gasteiger partial charge >= 0.3 is 0 Å². The highest BCUT2D eigenvalue weighted by molar-refractivity contribution is 6.23. The molecule has 0 aliphatic carbocycles. The molecule has 12 heavy (non-hydrogen) atoms. The molecule has 1 rings (SSSR count). The lowest BCUT2D eigenvalue weighted by molar-refractivity contribution is 0.335. The van der Waals surface area contributed by atoms with E-state index >= 15 is 0 Å². The second-order valence-electron chi connectivity index (χ2n) is 2.64. The van der Waals surface area contributed by atoms with Crippen molar-refractivity contribution in [3.8, 4) is 0 Å². The molecule has 0 amide bonds. The van der Waals surface area contributed by atoms with E-state index in [0.29, 0.717) is 0 Å². The van der Waals surface area contributed by atoms with Gasteiger partial charge in [-0.05, 0) is 19.0 Å². The molecule has 0 saturated heterocycles. The van der Waals surface area contributed by atoms with Crippen molar-refractivity contribution in [3.05, 3.63) is 35.9 Å². The predicted molar refractivity (Wildman–Crippen MR) is 53.7 cm³/mol. The van der Waals surface area contributed by atoms with Crippen LogP contribution in [0.2, 0.25) is 0 Å². The summed E-state index contributed by atoms with van der Waals surface area (Å²) in [6.07, 6.45) is 1.02. The van der Waals surface area contributed by atoms with Gasteiger partial charge in [0.25, 0.3) is 0 Å². The highest BCUT2D eigenvalue weighted by Gasteiger charge is 1.90. The number of hydrogen-bond acceptors (Lipinski definition) is 2. The van der Waals surface area contributed by atoms with Gasteiger partial charge in [-0.3, -0.25) is 0 Å². The van der Waals surface area contributed by atoms with Crippen molar-refractivity contribution in [3.63, 3.8) is 0 Å². The summed E-state index contributed by atoms with van der Waals surface area (Å²) < 4.78 is 5.41. The predicted octanol–water partition coefficient (Wildman–Crippen LogP) is 0.464. The van der Waals surface area contributed by atoms with Crippen LogP contribution in [0.15, 0.2) is 30.3 Å². The van der Waals surface area contributed by atoms with Gasteiger partial charge in [0.2, 0.25) is 9.92 Å². The van der Waals surface area contributed by atoms with Crippen molar-refractivity contribution in [1.82, 2.24) is 4.98 Å². The fraction of sp³-hybridized carbons (Fsp3) is 0.333. The second-order valence-corrected chi connectivity index (χ2v) is 4.05. The van der Waals surface area contributed by atoms with Crippen molar-refractivity contribution in [1.29, 1.82) is 0 Å². The van der Waals surface area contributed by atoms with Gasteiger partial charge in [0.15, 0.2) is 0 Å². The largest absolute Gasteiger partial charge is 0.408 e. The molecular formula is C9H15NOSi. The lowest BCUT2D eigenvalue weighted by Crippen LogP contribution is -2.17. The van der Waals surface area contributed by atoms with Crippen LogP contribution >= 0.6 is 0 Å². The van der Waals surface area contributed by atoms with Gasteiger partial charge < -0.3 is 9.41 Å². The first-order valence-electron chi connectivity index (χ1n) is 4.20. The van der Waals surface area contributed by atoms with E-state index in [1.165, 1.54) is 5.56 Å². The van der Waals surface area contributed by atoms with E-state index in [1.54, 1.807) is 0 Å². The molecule has 0 spiro atoms. The fourth-order valence-electron chi connectivity index (χ4n) is 1.01. The van der Waals surface area contributed by atoms with Crippen molar-refractivity contribution < 1.29 is 4.43 Å². The first-order valence-corrected chi connectivity index (χ1v) is 5.48. The molecular weight excluding hydrogens is 166 g/mol. The van der Waals surface area contributed by atoms with E-state index < -0.39 is 9.92 Å². The van der Waals surface area contributed by atoms with Gasteiger partial charge in [0.1, 0.15) is 0 Å². The van der Waals surface area contributed by atoms with E-state index in [2.05, 4.69) is 29.2 Å². The molecule has 0 fully saturated rings. The quantitative estimate of drug-likeness (QED) is 0.526. The molecule has 3 heteroatoms. The third kappa shape index (κ3) is 3.66. The lowest BCUT2D eigenvalue weighted by atomic mass is 10.2. The first kappa shape index (κ1) is 9.44. The minimum Gasteiger partial charge on any atom is -0.408 e. The second kappa shape index (κ2) is 5.94. The molecule has 0 unspecified atom stereocenters. The lowest BCUT2D eigenvalue weighted by Gasteiger charge is -2.02. The topological polar surface area (TPSA) is 21.3 Å². The molecule has 0 saturated carbocycles. The Balaban J connectivity index is 2.16. The molecule has 1 N–H and O–H groups in total. The monoisotopic (exact) mass is 181 g/mol. The van der Waals surface area contributed by atoms with Crippen LogP contribution in [0.1, 0.15) is 5.56 Å². The van der Waals surface area contributed by atoms with Gasteiger partial charge in [-0.1, -0.05) is 30.3 Å². The van der Waals surface area contributed by atoms with Crippen LogP contribution in [0.3, 0.4) is 0 Å². The fourth-order valence-corrected chi connectivity index (χ4v) is 1.50. The summed E-state index contributed by atoms with van der Waals surface area (Å²) in [4.78, 5) is 3.07. The van der Waals surface area contributed by atoms with E-state index in [9.17, 15) is 0 Å². The Hall–Kier alpha value is -0.643. The third-order valence-corrected chi connectivity index (χ3v) is 2.41. The summed E-state index contributed by atoms with van der Waals surface area (Å²) in [6, 6.07) is 10.4. The maximum atomic E-state index is 5.41. The molecule has 1 aromatic rings. The van der Waals surface area contributed by atoms with E-state index in [-0.39, 0.29) is 0 Å². The van der Waals surface area contributed by atoms with E-state index in [0.717, 1.165) is 13.0 Å². The molecule has 2 nitrogen and oxygen atoms in total. The van der Waals surface area contributed by atoms with Gasteiger partial charge in [-0.25, -0.2) is 0 Å². The summed E-state index contributed by atoms with van der Waals surface area (Å²) in [5.74, 6) is 0. The molecule has 1 aromatic carbocycles. The number of nitrogens with one attached hydrogen (secondary N) is 1. The normalized spacial score (nSPS) is 11.1. The third-order valence-electron chi connectivity index (χ3n) is 1.62. The zero-order valence-corrected chi connectivity index (χ0v) is 8.83. The maximum Gasteiger partial charge on any atom is 0.235 e. The van der Waals surface area contributed by atoms with Gasteiger partial charge in [-0.15, -0.1) is 0 Å². The highest BCUT2D eigenvalue weighted by atomic mass is 28.2. The van der Waals surface area contributed by atoms with Crippen LogP contribution in [0.4, 0.5) is 0 Å². The summed E-state index contributed by atoms with van der Waals surface area (Å²) in [5, 5.41) is 0. The number of rotatable bonds is 5. The maximum absolute atomic E-state index is 5.41. The van der Waals surface area contributed by atoms with E-state index in [1.807, 2.05) is 13.1 Å². The Morgan fingerprint density at radius 1 is 1.33 bits per heavy atom. The van der Waals surface area contributed by atoms with Crippen molar-refractivity contribution in [2.45, 2.75) is 6.42 Å². The minimum absolute atomic E-state index is 0.444. The number of hydrogen-bond donors (Lipinski definition) is 1. The molecule has 0 heterocycles. The zero-order chi connectivity index (χ0) is 8.65. The minimum atomic E-state index is -0.444. The van der Waals surface area contributed by atoms with Gasteiger partial charge in [0.05, 0.1) is 0 Å². The smallest absolute Gasteiger partial charge is 0.235 e. The molecule has 0 radical (unpaired) electrons. The van der Waals surface area contributed by atoms with Crippen molar-refractivity contribution in [2.24, 2.45) is 0 Å². The average Bonchev–Trinajstić information content (AvgIpc) is 2.14. The average molecular weight is 181 g/mol. The Bertz CT molecular complexity index is 203. The first-order chi connectivity index (χ1) is 5.93. The molecule has 66 valence electrons.